The molecule has 1 unspecified atom stereocenters. The summed E-state index contributed by atoms with van der Waals surface area (Å²) in [6, 6.07) is 10.3. The molecule has 0 aliphatic heterocycles. The molecule has 1 saturated carbocycles. The minimum Gasteiger partial charge on any atom is -0.396 e. The van der Waals surface area contributed by atoms with Crippen LogP contribution in [0.15, 0.2) is 24.3 Å². The first-order chi connectivity index (χ1) is 9.85. The van der Waals surface area contributed by atoms with Crippen molar-refractivity contribution in [2.24, 2.45) is 5.92 Å². The summed E-state index contributed by atoms with van der Waals surface area (Å²) in [5.41, 5.74) is 1.79. The van der Waals surface area contributed by atoms with Gasteiger partial charge in [-0.25, -0.2) is 0 Å². The van der Waals surface area contributed by atoms with E-state index < -0.39 is 0 Å². The van der Waals surface area contributed by atoms with Gasteiger partial charge in [-0.15, -0.1) is 0 Å². The minimum absolute atomic E-state index is 0.230. The highest BCUT2D eigenvalue weighted by atomic mass is 16.3. The molecule has 108 valence electrons. The second-order valence-corrected chi connectivity index (χ2v) is 5.67. The highest BCUT2D eigenvalue weighted by molar-refractivity contribution is 5.37. The molecule has 20 heavy (non-hydrogen) atoms. The van der Waals surface area contributed by atoms with Crippen LogP contribution in [0, 0.1) is 17.2 Å². The highest BCUT2D eigenvalue weighted by Gasteiger charge is 2.22. The van der Waals surface area contributed by atoms with E-state index in [0.717, 1.165) is 17.5 Å². The topological polar surface area (TPSA) is 56.0 Å². The van der Waals surface area contributed by atoms with Gasteiger partial charge in [0.05, 0.1) is 11.6 Å². The lowest BCUT2D eigenvalue weighted by molar-refractivity contribution is 0.205. The van der Waals surface area contributed by atoms with Gasteiger partial charge in [-0.1, -0.05) is 37.5 Å². The SMILES string of the molecule is N#Cc1ccccc1CNC(CCO)C1CCCCC1. The molecule has 0 radical (unpaired) electrons. The Balaban J connectivity index is 1.96. The molecule has 2 N–H and O–H groups in total. The summed E-state index contributed by atoms with van der Waals surface area (Å²) < 4.78 is 0. The molecule has 0 spiro atoms. The summed E-state index contributed by atoms with van der Waals surface area (Å²) >= 11 is 0. The van der Waals surface area contributed by atoms with Crippen molar-refractivity contribution in [1.82, 2.24) is 5.32 Å². The zero-order valence-corrected chi connectivity index (χ0v) is 12.0. The van der Waals surface area contributed by atoms with Crippen LogP contribution in [-0.2, 0) is 6.54 Å². The molecular weight excluding hydrogens is 248 g/mol. The first-order valence-electron chi connectivity index (χ1n) is 7.67. The van der Waals surface area contributed by atoms with Crippen molar-refractivity contribution in [3.63, 3.8) is 0 Å². The van der Waals surface area contributed by atoms with Gasteiger partial charge in [-0.05, 0) is 36.8 Å². The van der Waals surface area contributed by atoms with Crippen LogP contribution in [0.4, 0.5) is 0 Å². The third kappa shape index (κ3) is 4.06. The van der Waals surface area contributed by atoms with E-state index in [9.17, 15) is 5.11 Å². The molecule has 3 heteroatoms. The van der Waals surface area contributed by atoms with E-state index in [0.29, 0.717) is 18.5 Å². The Hall–Kier alpha value is -1.37. The molecule has 1 fully saturated rings. The molecule has 0 amide bonds. The largest absolute Gasteiger partial charge is 0.396 e. The quantitative estimate of drug-likeness (QED) is 0.837. The Bertz CT molecular complexity index is 447. The summed E-state index contributed by atoms with van der Waals surface area (Å²) in [6.07, 6.45) is 7.29. The average molecular weight is 272 g/mol. The second kappa shape index (κ2) is 8.04. The lowest BCUT2D eigenvalue weighted by atomic mass is 9.82. The molecule has 0 aromatic heterocycles. The first-order valence-corrected chi connectivity index (χ1v) is 7.67. The van der Waals surface area contributed by atoms with Crippen molar-refractivity contribution in [3.8, 4) is 6.07 Å². The molecular formula is C17H24N2O. The van der Waals surface area contributed by atoms with Gasteiger partial charge in [0, 0.05) is 19.2 Å². The number of aliphatic hydroxyl groups excluding tert-OH is 1. The van der Waals surface area contributed by atoms with Crippen molar-refractivity contribution in [3.05, 3.63) is 35.4 Å². The maximum Gasteiger partial charge on any atom is 0.0995 e. The number of aliphatic hydroxyl groups is 1. The predicted octanol–water partition coefficient (Wildman–Crippen LogP) is 2.98. The fourth-order valence-electron chi connectivity index (χ4n) is 3.20. The molecule has 0 heterocycles. The zero-order chi connectivity index (χ0) is 14.2. The van der Waals surface area contributed by atoms with E-state index in [2.05, 4.69) is 11.4 Å². The number of nitrogens with zero attached hydrogens (tertiary/aromatic N) is 1. The summed E-state index contributed by atoms with van der Waals surface area (Å²) in [4.78, 5) is 0. The van der Waals surface area contributed by atoms with Crippen LogP contribution in [0.1, 0.15) is 49.7 Å². The lowest BCUT2D eigenvalue weighted by Gasteiger charge is -2.31. The van der Waals surface area contributed by atoms with Gasteiger partial charge in [0.1, 0.15) is 0 Å². The van der Waals surface area contributed by atoms with Crippen LogP contribution in [-0.4, -0.2) is 17.8 Å². The van der Waals surface area contributed by atoms with Crippen molar-refractivity contribution in [2.45, 2.75) is 51.1 Å². The Morgan fingerprint density at radius 2 is 2.00 bits per heavy atom. The number of nitrogens with one attached hydrogen (secondary N) is 1. The number of rotatable bonds is 6. The van der Waals surface area contributed by atoms with Crippen LogP contribution in [0.25, 0.3) is 0 Å². The molecule has 1 atom stereocenters. The van der Waals surface area contributed by atoms with Gasteiger partial charge >= 0.3 is 0 Å². The van der Waals surface area contributed by atoms with Crippen molar-refractivity contribution < 1.29 is 5.11 Å². The molecule has 0 saturated heterocycles. The first kappa shape index (κ1) is 15.0. The Kier molecular flexibility index (Phi) is 6.04. The summed E-state index contributed by atoms with van der Waals surface area (Å²) in [5, 5.41) is 22.0. The second-order valence-electron chi connectivity index (χ2n) is 5.67. The number of hydrogen-bond donors (Lipinski definition) is 2. The molecule has 0 bridgehead atoms. The van der Waals surface area contributed by atoms with Gasteiger partial charge in [0.15, 0.2) is 0 Å². The lowest BCUT2D eigenvalue weighted by Crippen LogP contribution is -2.37. The van der Waals surface area contributed by atoms with Gasteiger partial charge in [0.25, 0.3) is 0 Å². The Morgan fingerprint density at radius 3 is 2.70 bits per heavy atom. The van der Waals surface area contributed by atoms with Crippen LogP contribution < -0.4 is 5.32 Å². The molecule has 3 nitrogen and oxygen atoms in total. The number of hydrogen-bond acceptors (Lipinski definition) is 3. The predicted molar refractivity (Wildman–Crippen MR) is 80.1 cm³/mol. The van der Waals surface area contributed by atoms with Crippen LogP contribution >= 0.6 is 0 Å². The normalized spacial score (nSPS) is 17.6. The van der Waals surface area contributed by atoms with E-state index in [-0.39, 0.29) is 6.61 Å². The maximum absolute atomic E-state index is 9.27. The Morgan fingerprint density at radius 1 is 1.25 bits per heavy atom. The van der Waals surface area contributed by atoms with Crippen molar-refractivity contribution in [2.75, 3.05) is 6.61 Å². The number of nitriles is 1. The summed E-state index contributed by atoms with van der Waals surface area (Å²) in [7, 11) is 0. The van der Waals surface area contributed by atoms with E-state index in [1.807, 2.05) is 24.3 Å². The molecule has 1 aliphatic rings. The van der Waals surface area contributed by atoms with E-state index in [1.165, 1.54) is 32.1 Å². The molecule has 1 aromatic carbocycles. The monoisotopic (exact) mass is 272 g/mol. The summed E-state index contributed by atoms with van der Waals surface area (Å²) in [6.45, 7) is 0.943. The van der Waals surface area contributed by atoms with Gasteiger partial charge < -0.3 is 10.4 Å². The van der Waals surface area contributed by atoms with E-state index in [1.54, 1.807) is 0 Å². The third-order valence-corrected chi connectivity index (χ3v) is 4.35. The van der Waals surface area contributed by atoms with E-state index >= 15 is 0 Å². The minimum atomic E-state index is 0.230. The van der Waals surface area contributed by atoms with Crippen LogP contribution in [0.2, 0.25) is 0 Å². The molecule has 2 rings (SSSR count). The molecule has 1 aliphatic carbocycles. The summed E-state index contributed by atoms with van der Waals surface area (Å²) in [5.74, 6) is 0.671. The number of benzene rings is 1. The Labute approximate surface area is 121 Å². The van der Waals surface area contributed by atoms with Gasteiger partial charge in [0.2, 0.25) is 0 Å². The van der Waals surface area contributed by atoms with Gasteiger partial charge in [-0.3, -0.25) is 0 Å². The van der Waals surface area contributed by atoms with Crippen molar-refractivity contribution in [1.29, 1.82) is 5.26 Å². The average Bonchev–Trinajstić information content (AvgIpc) is 2.52. The molecule has 1 aromatic rings. The van der Waals surface area contributed by atoms with Crippen LogP contribution in [0.5, 0.6) is 0 Å². The van der Waals surface area contributed by atoms with Crippen LogP contribution in [0.3, 0.4) is 0 Å². The van der Waals surface area contributed by atoms with Gasteiger partial charge in [-0.2, -0.15) is 5.26 Å². The zero-order valence-electron chi connectivity index (χ0n) is 12.0. The maximum atomic E-state index is 9.27. The van der Waals surface area contributed by atoms with Crippen molar-refractivity contribution >= 4 is 0 Å². The van der Waals surface area contributed by atoms with E-state index in [4.69, 9.17) is 5.26 Å². The third-order valence-electron chi connectivity index (χ3n) is 4.35. The highest BCUT2D eigenvalue weighted by Crippen LogP contribution is 2.28. The smallest absolute Gasteiger partial charge is 0.0995 e. The fourth-order valence-corrected chi connectivity index (χ4v) is 3.20. The fraction of sp³-hybridized carbons (Fsp3) is 0.588. The standard InChI is InChI=1S/C17H24N2O/c18-12-15-8-4-5-9-16(15)13-19-17(10-11-20)14-6-2-1-3-7-14/h4-5,8-9,14,17,19-20H,1-3,6-7,10-11,13H2.